The molecule has 4 rings (SSSR count). The Bertz CT molecular complexity index is 1330. The molecule has 140 valence electrons. The van der Waals surface area contributed by atoms with Crippen LogP contribution in [0, 0.1) is 6.92 Å². The molecule has 0 radical (unpaired) electrons. The highest BCUT2D eigenvalue weighted by molar-refractivity contribution is 7.84. The zero-order valence-corrected chi connectivity index (χ0v) is 15.9. The minimum Gasteiger partial charge on any atom is -0.290 e. The fourth-order valence-electron chi connectivity index (χ4n) is 2.98. The molecule has 0 aliphatic heterocycles. The lowest BCUT2D eigenvalue weighted by Crippen LogP contribution is -2.80. The number of hydrogen-bond donors (Lipinski definition) is 3. The summed E-state index contributed by atoms with van der Waals surface area (Å²) in [5.41, 5.74) is 7.37. The van der Waals surface area contributed by atoms with Crippen molar-refractivity contribution in [1.82, 2.24) is 9.97 Å². The Hall–Kier alpha value is -3.52. The predicted octanol–water partition coefficient (Wildman–Crippen LogP) is 1.29. The van der Waals surface area contributed by atoms with E-state index in [0.717, 1.165) is 27.4 Å². The Labute approximate surface area is 162 Å². The number of rotatable bonds is 3. The number of aryl methyl sites for hydroxylation is 1. The Morgan fingerprint density at radius 2 is 1.68 bits per heavy atom. The van der Waals surface area contributed by atoms with Gasteiger partial charge in [-0.05, 0) is 35.9 Å². The van der Waals surface area contributed by atoms with Crippen LogP contribution in [0.5, 0.6) is 0 Å². The smallest absolute Gasteiger partial charge is 0.290 e. The summed E-state index contributed by atoms with van der Waals surface area (Å²) in [6.45, 7) is 1.85. The van der Waals surface area contributed by atoms with Crippen LogP contribution in [-0.4, -0.2) is 24.3 Å². The summed E-state index contributed by atoms with van der Waals surface area (Å²) in [5.74, 6) is 0.0396. The second-order valence-electron chi connectivity index (χ2n) is 6.30. The Balaban J connectivity index is 1.65. The van der Waals surface area contributed by atoms with E-state index in [2.05, 4.69) is 19.7 Å². The van der Waals surface area contributed by atoms with Gasteiger partial charge in [0.05, 0.1) is 11.2 Å². The molecule has 4 aromatic rings. The second kappa shape index (κ2) is 6.90. The maximum Gasteiger partial charge on any atom is 0.363 e. The molecule has 1 heterocycles. The number of benzene rings is 3. The normalized spacial score (nSPS) is 12.4. The van der Waals surface area contributed by atoms with E-state index in [1.54, 1.807) is 12.1 Å². The first-order chi connectivity index (χ1) is 13.4. The van der Waals surface area contributed by atoms with Gasteiger partial charge in [0.25, 0.3) is 5.95 Å². The molecule has 7 nitrogen and oxygen atoms in total. The molecule has 3 aromatic carbocycles. The van der Waals surface area contributed by atoms with Gasteiger partial charge in [-0.25, -0.2) is 10.3 Å². The number of anilines is 1. The molecule has 0 saturated carbocycles. The first kappa shape index (κ1) is 17.9. The van der Waals surface area contributed by atoms with E-state index < -0.39 is 10.0 Å². The Morgan fingerprint density at radius 3 is 2.50 bits per heavy atom. The molecular weight excluding hydrogens is 374 g/mol. The molecule has 0 aliphatic carbocycles. The molecule has 8 heteroatoms. The summed E-state index contributed by atoms with van der Waals surface area (Å²) >= 11 is 0. The molecule has 0 bridgehead atoms. The standard InChI is InChI=1S/C20H17N5O2S/c1-13-17-8-4-5-9-18(17)23-20(22-13)24-19(21)25-28(26,27)16-11-10-14-6-2-3-7-15(14)12-16/h2-12H,1H3,(H3,21,22,23,24,25)/p+1. The van der Waals surface area contributed by atoms with Gasteiger partial charge in [0.15, 0.2) is 0 Å². The SMILES string of the molecule is Cc1nc(NC(N)=[NH+]S(=O)(=O)c2ccc3ccccc3c2)nc2ccccc12. The number of nitrogens with one attached hydrogen (secondary N) is 2. The van der Waals surface area contributed by atoms with Crippen LogP contribution >= 0.6 is 0 Å². The van der Waals surface area contributed by atoms with Crippen LogP contribution in [0.3, 0.4) is 0 Å². The van der Waals surface area contributed by atoms with Gasteiger partial charge in [-0.1, -0.05) is 48.5 Å². The molecule has 4 N–H and O–H groups in total. The molecule has 0 unspecified atom stereocenters. The number of para-hydroxylation sites is 1. The van der Waals surface area contributed by atoms with Crippen LogP contribution in [0.2, 0.25) is 0 Å². The van der Waals surface area contributed by atoms with Gasteiger partial charge in [-0.3, -0.25) is 5.73 Å². The molecule has 28 heavy (non-hydrogen) atoms. The number of hydrogen-bond acceptors (Lipinski definition) is 4. The third-order valence-electron chi connectivity index (χ3n) is 4.32. The molecular formula is C20H18N5O2S+. The lowest BCUT2D eigenvalue weighted by molar-refractivity contribution is -0.268. The Morgan fingerprint density at radius 1 is 0.964 bits per heavy atom. The van der Waals surface area contributed by atoms with Gasteiger partial charge in [0.1, 0.15) is 4.90 Å². The molecule has 0 spiro atoms. The molecule has 0 atom stereocenters. The van der Waals surface area contributed by atoms with Crippen molar-refractivity contribution in [1.29, 1.82) is 0 Å². The summed E-state index contributed by atoms with van der Waals surface area (Å²) in [6, 6.07) is 20.0. The van der Waals surface area contributed by atoms with Gasteiger partial charge < -0.3 is 0 Å². The zero-order valence-electron chi connectivity index (χ0n) is 15.0. The van der Waals surface area contributed by atoms with Crippen molar-refractivity contribution in [2.45, 2.75) is 11.8 Å². The van der Waals surface area contributed by atoms with Crippen LogP contribution < -0.4 is 15.4 Å². The van der Waals surface area contributed by atoms with Crippen LogP contribution in [0.4, 0.5) is 5.95 Å². The van der Waals surface area contributed by atoms with Gasteiger partial charge >= 0.3 is 16.0 Å². The Kier molecular flexibility index (Phi) is 4.40. The molecule has 1 aromatic heterocycles. The van der Waals surface area contributed by atoms with Crippen molar-refractivity contribution >= 4 is 43.6 Å². The zero-order chi connectivity index (χ0) is 19.7. The van der Waals surface area contributed by atoms with Crippen LogP contribution in [0.25, 0.3) is 21.7 Å². The minimum absolute atomic E-state index is 0.117. The van der Waals surface area contributed by atoms with Gasteiger partial charge in [0, 0.05) is 5.39 Å². The largest absolute Gasteiger partial charge is 0.363 e. The first-order valence-corrected chi connectivity index (χ1v) is 10.1. The lowest BCUT2D eigenvalue weighted by atomic mass is 10.1. The summed E-state index contributed by atoms with van der Waals surface area (Å²) < 4.78 is 27.7. The monoisotopic (exact) mass is 392 g/mol. The number of sulfonamides is 1. The van der Waals surface area contributed by atoms with Crippen LogP contribution in [0.15, 0.2) is 71.6 Å². The number of nitrogens with zero attached hydrogens (tertiary/aromatic N) is 2. The third kappa shape index (κ3) is 3.49. The van der Waals surface area contributed by atoms with E-state index in [-0.39, 0.29) is 16.8 Å². The molecule has 0 fully saturated rings. The predicted molar refractivity (Wildman–Crippen MR) is 109 cm³/mol. The number of fused-ring (bicyclic) bond motifs is 2. The van der Waals surface area contributed by atoms with Crippen molar-refractivity contribution in [3.8, 4) is 0 Å². The van der Waals surface area contributed by atoms with Crippen molar-refractivity contribution < 1.29 is 12.8 Å². The van der Waals surface area contributed by atoms with E-state index in [1.807, 2.05) is 55.5 Å². The van der Waals surface area contributed by atoms with E-state index in [9.17, 15) is 8.42 Å². The van der Waals surface area contributed by atoms with Gasteiger partial charge in [0.2, 0.25) is 0 Å². The average molecular weight is 392 g/mol. The van der Waals surface area contributed by atoms with Crippen LogP contribution in [0.1, 0.15) is 5.69 Å². The van der Waals surface area contributed by atoms with Gasteiger partial charge in [-0.2, -0.15) is 17.8 Å². The summed E-state index contributed by atoms with van der Waals surface area (Å²) in [4.78, 5) is 8.81. The molecule has 0 amide bonds. The summed E-state index contributed by atoms with van der Waals surface area (Å²) in [6.07, 6.45) is 0. The minimum atomic E-state index is -3.85. The van der Waals surface area contributed by atoms with Crippen molar-refractivity contribution in [3.63, 3.8) is 0 Å². The maximum absolute atomic E-state index is 12.7. The van der Waals surface area contributed by atoms with E-state index in [0.29, 0.717) is 0 Å². The molecule has 0 aliphatic rings. The fraction of sp³-hybridized carbons (Fsp3) is 0.0500. The number of nitrogens with two attached hydrogens (primary N) is 1. The highest BCUT2D eigenvalue weighted by Gasteiger charge is 2.17. The van der Waals surface area contributed by atoms with Crippen LogP contribution in [-0.2, 0) is 10.0 Å². The number of guanidine groups is 1. The first-order valence-electron chi connectivity index (χ1n) is 8.57. The fourth-order valence-corrected chi connectivity index (χ4v) is 3.96. The highest BCUT2D eigenvalue weighted by atomic mass is 32.2. The lowest BCUT2D eigenvalue weighted by Gasteiger charge is -2.04. The highest BCUT2D eigenvalue weighted by Crippen LogP contribution is 2.18. The van der Waals surface area contributed by atoms with E-state index >= 15 is 0 Å². The van der Waals surface area contributed by atoms with Crippen molar-refractivity contribution in [3.05, 3.63) is 72.4 Å². The van der Waals surface area contributed by atoms with Crippen molar-refractivity contribution in [2.75, 3.05) is 5.32 Å². The van der Waals surface area contributed by atoms with Crippen molar-refractivity contribution in [2.24, 2.45) is 5.73 Å². The third-order valence-corrected chi connectivity index (χ3v) is 5.68. The van der Waals surface area contributed by atoms with Gasteiger partial charge in [-0.15, -0.1) is 0 Å². The topological polar surface area (TPSA) is 112 Å². The average Bonchev–Trinajstić information content (AvgIpc) is 2.67. The maximum atomic E-state index is 12.7. The quantitative estimate of drug-likeness (QED) is 0.358. The van der Waals surface area contributed by atoms with E-state index in [4.69, 9.17) is 5.73 Å². The summed E-state index contributed by atoms with van der Waals surface area (Å²) in [5, 5.41) is 5.42. The number of aromatic nitrogens is 2. The van der Waals surface area contributed by atoms with E-state index in [1.165, 1.54) is 6.07 Å². The molecule has 0 saturated heterocycles. The second-order valence-corrected chi connectivity index (χ2v) is 7.99. The summed E-state index contributed by atoms with van der Waals surface area (Å²) in [7, 11) is -3.85.